The smallest absolute Gasteiger partial charge is 0.407 e. The Labute approximate surface area is 96.1 Å². The minimum atomic E-state index is -0.499. The summed E-state index contributed by atoms with van der Waals surface area (Å²) in [5, 5.41) is 11.0. The van der Waals surface area contributed by atoms with Gasteiger partial charge in [-0.05, 0) is 12.8 Å². The first-order valence-corrected chi connectivity index (χ1v) is 5.96. The molecule has 0 saturated heterocycles. The van der Waals surface area contributed by atoms with Crippen molar-refractivity contribution in [1.82, 2.24) is 5.32 Å². The van der Waals surface area contributed by atoms with Crippen molar-refractivity contribution < 1.29 is 19.4 Å². The van der Waals surface area contributed by atoms with E-state index in [1.54, 1.807) is 0 Å². The highest BCUT2D eigenvalue weighted by molar-refractivity contribution is 5.66. The molecule has 94 valence electrons. The summed E-state index contributed by atoms with van der Waals surface area (Å²) in [6, 6.07) is 0. The number of amides is 1. The zero-order valence-electron chi connectivity index (χ0n) is 9.61. The van der Waals surface area contributed by atoms with Gasteiger partial charge in [-0.3, -0.25) is 0 Å². The Morgan fingerprint density at radius 2 is 2.00 bits per heavy atom. The van der Waals surface area contributed by atoms with Gasteiger partial charge in [0, 0.05) is 6.54 Å². The van der Waals surface area contributed by atoms with Crippen LogP contribution in [0.4, 0.5) is 4.79 Å². The van der Waals surface area contributed by atoms with Crippen LogP contribution in [0.25, 0.3) is 0 Å². The molecule has 0 heterocycles. The maximum atomic E-state index is 11.0. The van der Waals surface area contributed by atoms with Crippen LogP contribution in [0.5, 0.6) is 0 Å². The molecule has 1 rings (SSSR count). The molecule has 1 saturated carbocycles. The number of ether oxygens (including phenoxy) is 2. The lowest BCUT2D eigenvalue weighted by atomic mass is 9.98. The fourth-order valence-corrected chi connectivity index (χ4v) is 1.80. The van der Waals surface area contributed by atoms with Crippen LogP contribution in [-0.4, -0.2) is 43.7 Å². The van der Waals surface area contributed by atoms with E-state index < -0.39 is 6.09 Å². The Morgan fingerprint density at radius 1 is 1.25 bits per heavy atom. The molecule has 2 N–H and O–H groups in total. The van der Waals surface area contributed by atoms with Crippen molar-refractivity contribution in [3.63, 3.8) is 0 Å². The first-order valence-electron chi connectivity index (χ1n) is 5.96. The molecule has 1 aliphatic rings. The third-order valence-electron chi connectivity index (χ3n) is 2.60. The number of aliphatic hydroxyl groups excluding tert-OH is 1. The van der Waals surface area contributed by atoms with E-state index in [4.69, 9.17) is 9.84 Å². The molecule has 0 bridgehead atoms. The summed E-state index contributed by atoms with van der Waals surface area (Å²) in [4.78, 5) is 11.0. The molecule has 0 radical (unpaired) electrons. The van der Waals surface area contributed by atoms with Crippen LogP contribution in [0, 0.1) is 0 Å². The summed E-state index contributed by atoms with van der Waals surface area (Å²) >= 11 is 0. The van der Waals surface area contributed by atoms with Gasteiger partial charge in [0.2, 0.25) is 0 Å². The maximum Gasteiger partial charge on any atom is 0.407 e. The van der Waals surface area contributed by atoms with Crippen molar-refractivity contribution in [2.45, 2.75) is 38.2 Å². The Bertz CT molecular complexity index is 192. The number of hydrogen-bond donors (Lipinski definition) is 2. The second-order valence-corrected chi connectivity index (χ2v) is 3.92. The van der Waals surface area contributed by atoms with Crippen molar-refractivity contribution in [2.24, 2.45) is 0 Å². The van der Waals surface area contributed by atoms with Crippen molar-refractivity contribution in [2.75, 3.05) is 26.4 Å². The zero-order valence-corrected chi connectivity index (χ0v) is 9.61. The lowest BCUT2D eigenvalue weighted by Crippen LogP contribution is -2.30. The van der Waals surface area contributed by atoms with Gasteiger partial charge in [-0.1, -0.05) is 19.3 Å². The van der Waals surface area contributed by atoms with Crippen LogP contribution in [-0.2, 0) is 9.47 Å². The highest BCUT2D eigenvalue weighted by atomic mass is 16.6. The number of hydrogen-bond acceptors (Lipinski definition) is 4. The van der Waals surface area contributed by atoms with Gasteiger partial charge in [0.05, 0.1) is 19.3 Å². The van der Waals surface area contributed by atoms with Crippen molar-refractivity contribution in [3.8, 4) is 0 Å². The molecule has 1 fully saturated rings. The Hall–Kier alpha value is -0.810. The fraction of sp³-hybridized carbons (Fsp3) is 0.909. The lowest BCUT2D eigenvalue weighted by molar-refractivity contribution is 0.0295. The zero-order chi connectivity index (χ0) is 11.6. The van der Waals surface area contributed by atoms with Crippen LogP contribution in [0.3, 0.4) is 0 Å². The molecule has 0 unspecified atom stereocenters. The van der Waals surface area contributed by atoms with E-state index in [0.29, 0.717) is 19.3 Å². The van der Waals surface area contributed by atoms with Gasteiger partial charge in [-0.2, -0.15) is 0 Å². The summed E-state index contributed by atoms with van der Waals surface area (Å²) in [5.74, 6) is 0. The lowest BCUT2D eigenvalue weighted by Gasteiger charge is -2.21. The van der Waals surface area contributed by atoms with Crippen LogP contribution in [0.15, 0.2) is 0 Å². The predicted molar refractivity (Wildman–Crippen MR) is 59.3 cm³/mol. The third-order valence-corrected chi connectivity index (χ3v) is 2.60. The summed E-state index contributed by atoms with van der Waals surface area (Å²) in [6.45, 7) is 0.876. The number of nitrogens with one attached hydrogen (secondary N) is 1. The standard InChI is InChI=1S/C11H21NO4/c13-7-9-16-11(14)12-6-8-15-10-4-2-1-3-5-10/h10,13H,1-9H2,(H,12,14). The van der Waals surface area contributed by atoms with E-state index >= 15 is 0 Å². The fourth-order valence-electron chi connectivity index (χ4n) is 1.80. The summed E-state index contributed by atoms with van der Waals surface area (Å²) in [7, 11) is 0. The van der Waals surface area contributed by atoms with E-state index in [-0.39, 0.29) is 13.2 Å². The van der Waals surface area contributed by atoms with E-state index in [2.05, 4.69) is 10.1 Å². The van der Waals surface area contributed by atoms with Gasteiger partial charge in [0.15, 0.2) is 0 Å². The van der Waals surface area contributed by atoms with Gasteiger partial charge < -0.3 is 19.9 Å². The van der Waals surface area contributed by atoms with Crippen molar-refractivity contribution in [3.05, 3.63) is 0 Å². The Balaban J connectivity index is 1.92. The third kappa shape index (κ3) is 5.92. The molecule has 5 nitrogen and oxygen atoms in total. The SMILES string of the molecule is O=C(NCCOC1CCCCC1)OCCO. The molecular formula is C11H21NO4. The average Bonchev–Trinajstić information content (AvgIpc) is 2.33. The van der Waals surface area contributed by atoms with E-state index in [1.165, 1.54) is 19.3 Å². The first kappa shape index (κ1) is 13.3. The van der Waals surface area contributed by atoms with Crippen LogP contribution < -0.4 is 5.32 Å². The Kier molecular flexibility index (Phi) is 6.92. The maximum absolute atomic E-state index is 11.0. The van der Waals surface area contributed by atoms with Gasteiger partial charge in [0.25, 0.3) is 0 Å². The molecule has 0 aromatic heterocycles. The molecule has 1 amide bonds. The van der Waals surface area contributed by atoms with Crippen LogP contribution in [0.1, 0.15) is 32.1 Å². The average molecular weight is 231 g/mol. The first-order chi connectivity index (χ1) is 7.83. The molecule has 0 atom stereocenters. The van der Waals surface area contributed by atoms with Crippen LogP contribution >= 0.6 is 0 Å². The van der Waals surface area contributed by atoms with Crippen molar-refractivity contribution >= 4 is 6.09 Å². The molecule has 5 heteroatoms. The van der Waals surface area contributed by atoms with Gasteiger partial charge in [-0.25, -0.2) is 4.79 Å². The molecular weight excluding hydrogens is 210 g/mol. The van der Waals surface area contributed by atoms with Crippen molar-refractivity contribution in [1.29, 1.82) is 0 Å². The monoisotopic (exact) mass is 231 g/mol. The Morgan fingerprint density at radius 3 is 2.69 bits per heavy atom. The molecule has 0 spiro atoms. The second-order valence-electron chi connectivity index (χ2n) is 3.92. The molecule has 0 aliphatic heterocycles. The quantitative estimate of drug-likeness (QED) is 0.671. The molecule has 0 aromatic carbocycles. The molecule has 16 heavy (non-hydrogen) atoms. The molecule has 1 aliphatic carbocycles. The molecule has 0 aromatic rings. The van der Waals surface area contributed by atoms with E-state index in [1.807, 2.05) is 0 Å². The minimum Gasteiger partial charge on any atom is -0.447 e. The van der Waals surface area contributed by atoms with Gasteiger partial charge in [-0.15, -0.1) is 0 Å². The number of aliphatic hydroxyl groups is 1. The number of carbonyl (C=O) groups is 1. The number of rotatable bonds is 6. The normalized spacial score (nSPS) is 17.1. The highest BCUT2D eigenvalue weighted by Crippen LogP contribution is 2.19. The largest absolute Gasteiger partial charge is 0.447 e. The number of alkyl carbamates (subject to hydrolysis) is 1. The predicted octanol–water partition coefficient (Wildman–Crippen LogP) is 1.05. The summed E-state index contributed by atoms with van der Waals surface area (Å²) in [5.41, 5.74) is 0. The summed E-state index contributed by atoms with van der Waals surface area (Å²) < 4.78 is 10.2. The highest BCUT2D eigenvalue weighted by Gasteiger charge is 2.13. The topological polar surface area (TPSA) is 67.8 Å². The van der Waals surface area contributed by atoms with Gasteiger partial charge in [0.1, 0.15) is 6.61 Å². The minimum absolute atomic E-state index is 0.0370. The second kappa shape index (κ2) is 8.35. The summed E-state index contributed by atoms with van der Waals surface area (Å²) in [6.07, 6.45) is 5.94. The van der Waals surface area contributed by atoms with E-state index in [9.17, 15) is 4.79 Å². The van der Waals surface area contributed by atoms with Gasteiger partial charge >= 0.3 is 6.09 Å². The van der Waals surface area contributed by atoms with Crippen LogP contribution in [0.2, 0.25) is 0 Å². The van der Waals surface area contributed by atoms with E-state index in [0.717, 1.165) is 12.8 Å². The number of carbonyl (C=O) groups excluding carboxylic acids is 1.